The summed E-state index contributed by atoms with van der Waals surface area (Å²) in [7, 11) is 0. The number of rotatable bonds is 2. The highest BCUT2D eigenvalue weighted by Crippen LogP contribution is 2.39. The minimum Gasteiger partial charge on any atom is -0.293 e. The van der Waals surface area contributed by atoms with Crippen molar-refractivity contribution in [2.24, 2.45) is 5.84 Å². The normalized spacial score (nSPS) is 19.1. The minimum absolute atomic E-state index is 0.0431. The molecule has 1 saturated carbocycles. The fourth-order valence-corrected chi connectivity index (χ4v) is 2.70. The Morgan fingerprint density at radius 3 is 2.31 bits per heavy atom. The van der Waals surface area contributed by atoms with Crippen LogP contribution < -0.4 is 11.3 Å². The summed E-state index contributed by atoms with van der Waals surface area (Å²) in [6.07, 6.45) is 5.22. The van der Waals surface area contributed by atoms with Crippen molar-refractivity contribution in [3.8, 4) is 0 Å². The summed E-state index contributed by atoms with van der Waals surface area (Å²) in [6.45, 7) is 0. The van der Waals surface area contributed by atoms with Gasteiger partial charge in [0.1, 0.15) is 0 Å². The molecule has 16 heavy (non-hydrogen) atoms. The molecule has 86 valence electrons. The third kappa shape index (κ3) is 1.83. The molecule has 0 aromatic heterocycles. The van der Waals surface area contributed by atoms with Crippen LogP contribution in [0.15, 0.2) is 30.3 Å². The molecule has 1 aromatic rings. The van der Waals surface area contributed by atoms with Crippen LogP contribution in [0.4, 0.5) is 0 Å². The van der Waals surface area contributed by atoms with Gasteiger partial charge in [0.15, 0.2) is 0 Å². The number of hydrazine groups is 1. The molecule has 0 aliphatic heterocycles. The molecule has 0 unspecified atom stereocenters. The topological polar surface area (TPSA) is 55.1 Å². The van der Waals surface area contributed by atoms with Gasteiger partial charge in [0.2, 0.25) is 5.91 Å². The van der Waals surface area contributed by atoms with Crippen LogP contribution in [0.5, 0.6) is 0 Å². The number of carbonyl (C=O) groups excluding carboxylic acids is 1. The largest absolute Gasteiger partial charge is 0.293 e. The molecule has 3 N–H and O–H groups in total. The number of nitrogens with one attached hydrogen (secondary N) is 1. The van der Waals surface area contributed by atoms with E-state index in [1.165, 1.54) is 6.42 Å². The molecule has 0 saturated heterocycles. The zero-order valence-electron chi connectivity index (χ0n) is 9.41. The average Bonchev–Trinajstić information content (AvgIpc) is 2.39. The van der Waals surface area contributed by atoms with Crippen molar-refractivity contribution >= 4 is 5.91 Å². The lowest BCUT2D eigenvalue weighted by atomic mass is 9.69. The van der Waals surface area contributed by atoms with Crippen LogP contribution in [-0.4, -0.2) is 5.91 Å². The van der Waals surface area contributed by atoms with Gasteiger partial charge in [-0.25, -0.2) is 5.84 Å². The molecule has 1 aliphatic rings. The molecule has 0 spiro atoms. The predicted octanol–water partition coefficient (Wildman–Crippen LogP) is 1.88. The second-order valence-corrected chi connectivity index (χ2v) is 4.48. The number of nitrogens with two attached hydrogens (primary N) is 1. The van der Waals surface area contributed by atoms with Crippen molar-refractivity contribution in [2.45, 2.75) is 37.5 Å². The fraction of sp³-hybridized carbons (Fsp3) is 0.462. The number of benzene rings is 1. The minimum atomic E-state index is -0.395. The van der Waals surface area contributed by atoms with Gasteiger partial charge >= 0.3 is 0 Å². The highest BCUT2D eigenvalue weighted by atomic mass is 16.2. The van der Waals surface area contributed by atoms with Crippen LogP contribution in [0.3, 0.4) is 0 Å². The molecular weight excluding hydrogens is 200 g/mol. The summed E-state index contributed by atoms with van der Waals surface area (Å²) in [6, 6.07) is 9.99. The highest BCUT2D eigenvalue weighted by molar-refractivity contribution is 5.87. The van der Waals surface area contributed by atoms with Gasteiger partial charge < -0.3 is 0 Å². The molecule has 0 radical (unpaired) electrons. The van der Waals surface area contributed by atoms with Gasteiger partial charge in [-0.15, -0.1) is 0 Å². The van der Waals surface area contributed by atoms with Crippen molar-refractivity contribution in [3.05, 3.63) is 35.9 Å². The quantitative estimate of drug-likeness (QED) is 0.452. The van der Waals surface area contributed by atoms with E-state index < -0.39 is 5.41 Å². The lowest BCUT2D eigenvalue weighted by Crippen LogP contribution is -2.48. The Bertz CT molecular complexity index is 355. The van der Waals surface area contributed by atoms with E-state index >= 15 is 0 Å². The van der Waals surface area contributed by atoms with Crippen molar-refractivity contribution in [2.75, 3.05) is 0 Å². The molecule has 0 bridgehead atoms. The summed E-state index contributed by atoms with van der Waals surface area (Å²) >= 11 is 0. The molecule has 3 heteroatoms. The molecule has 0 heterocycles. The maximum atomic E-state index is 12.1. The maximum Gasteiger partial charge on any atom is 0.244 e. The Labute approximate surface area is 96.0 Å². The van der Waals surface area contributed by atoms with Crippen LogP contribution >= 0.6 is 0 Å². The molecule has 1 amide bonds. The van der Waals surface area contributed by atoms with E-state index in [9.17, 15) is 4.79 Å². The van der Waals surface area contributed by atoms with Crippen LogP contribution in [0.1, 0.15) is 37.7 Å². The first-order valence-corrected chi connectivity index (χ1v) is 5.86. The lowest BCUT2D eigenvalue weighted by molar-refractivity contribution is -0.128. The van der Waals surface area contributed by atoms with E-state index in [0.717, 1.165) is 31.2 Å². The molecule has 0 atom stereocenters. The highest BCUT2D eigenvalue weighted by Gasteiger charge is 2.40. The van der Waals surface area contributed by atoms with E-state index in [-0.39, 0.29) is 5.91 Å². The first kappa shape index (κ1) is 11.1. The fourth-order valence-electron chi connectivity index (χ4n) is 2.70. The maximum absolute atomic E-state index is 12.1. The Morgan fingerprint density at radius 1 is 1.12 bits per heavy atom. The van der Waals surface area contributed by atoms with E-state index in [2.05, 4.69) is 5.43 Å². The van der Waals surface area contributed by atoms with Crippen molar-refractivity contribution in [1.29, 1.82) is 0 Å². The molecule has 1 aliphatic carbocycles. The van der Waals surface area contributed by atoms with Gasteiger partial charge in [-0.2, -0.15) is 0 Å². The molecule has 3 nitrogen and oxygen atoms in total. The second-order valence-electron chi connectivity index (χ2n) is 4.48. The van der Waals surface area contributed by atoms with Crippen LogP contribution in [0.25, 0.3) is 0 Å². The number of carbonyl (C=O) groups is 1. The van der Waals surface area contributed by atoms with E-state index in [1.54, 1.807) is 0 Å². The third-order valence-corrected chi connectivity index (χ3v) is 3.60. The van der Waals surface area contributed by atoms with E-state index in [1.807, 2.05) is 30.3 Å². The van der Waals surface area contributed by atoms with Crippen LogP contribution in [0, 0.1) is 0 Å². The Morgan fingerprint density at radius 2 is 1.75 bits per heavy atom. The van der Waals surface area contributed by atoms with Crippen molar-refractivity contribution < 1.29 is 4.79 Å². The zero-order chi connectivity index (χ0) is 11.4. The second kappa shape index (κ2) is 4.66. The van der Waals surface area contributed by atoms with Crippen molar-refractivity contribution in [3.63, 3.8) is 0 Å². The first-order valence-electron chi connectivity index (χ1n) is 5.86. The van der Waals surface area contributed by atoms with Gasteiger partial charge in [0, 0.05) is 0 Å². The van der Waals surface area contributed by atoms with E-state index in [4.69, 9.17) is 5.84 Å². The zero-order valence-corrected chi connectivity index (χ0v) is 9.41. The molecule has 1 aromatic carbocycles. The Hall–Kier alpha value is -1.35. The van der Waals surface area contributed by atoms with Gasteiger partial charge in [-0.05, 0) is 18.4 Å². The smallest absolute Gasteiger partial charge is 0.244 e. The predicted molar refractivity (Wildman–Crippen MR) is 63.5 cm³/mol. The first-order chi connectivity index (χ1) is 7.79. The monoisotopic (exact) mass is 218 g/mol. The summed E-state index contributed by atoms with van der Waals surface area (Å²) in [5, 5.41) is 0. The summed E-state index contributed by atoms with van der Waals surface area (Å²) in [5.41, 5.74) is 3.04. The van der Waals surface area contributed by atoms with Gasteiger partial charge in [0.25, 0.3) is 0 Å². The standard InChI is InChI=1S/C13H18N2O/c14-15-12(16)13(9-5-2-6-10-13)11-7-3-1-4-8-11/h1,3-4,7-8H,2,5-6,9-10,14H2,(H,15,16). The molecule has 2 rings (SSSR count). The molecule has 1 fully saturated rings. The third-order valence-electron chi connectivity index (χ3n) is 3.60. The number of amides is 1. The lowest BCUT2D eigenvalue weighted by Gasteiger charge is -2.35. The molecular formula is C13H18N2O. The Balaban J connectivity index is 2.38. The Kier molecular flexibility index (Phi) is 3.25. The number of hydrogen-bond donors (Lipinski definition) is 2. The number of hydrogen-bond acceptors (Lipinski definition) is 2. The van der Waals surface area contributed by atoms with Crippen molar-refractivity contribution in [1.82, 2.24) is 5.43 Å². The van der Waals surface area contributed by atoms with Gasteiger partial charge in [-0.1, -0.05) is 49.6 Å². The SMILES string of the molecule is NNC(=O)C1(c2ccccc2)CCCCC1. The van der Waals surface area contributed by atoms with Crippen LogP contribution in [-0.2, 0) is 10.2 Å². The summed E-state index contributed by atoms with van der Waals surface area (Å²) < 4.78 is 0. The summed E-state index contributed by atoms with van der Waals surface area (Å²) in [5.74, 6) is 5.28. The average molecular weight is 218 g/mol. The summed E-state index contributed by atoms with van der Waals surface area (Å²) in [4.78, 5) is 12.1. The van der Waals surface area contributed by atoms with E-state index in [0.29, 0.717) is 0 Å². The van der Waals surface area contributed by atoms with Gasteiger partial charge in [-0.3, -0.25) is 10.2 Å². The van der Waals surface area contributed by atoms with Gasteiger partial charge in [0.05, 0.1) is 5.41 Å². The van der Waals surface area contributed by atoms with Crippen LogP contribution in [0.2, 0.25) is 0 Å².